The number of anilines is 1. The third-order valence-electron chi connectivity index (χ3n) is 8.58. The highest BCUT2D eigenvalue weighted by Gasteiger charge is 2.36. The molecule has 4 aromatic rings. The van der Waals surface area contributed by atoms with Crippen LogP contribution in [0.25, 0.3) is 0 Å². The summed E-state index contributed by atoms with van der Waals surface area (Å²) in [5, 5.41) is 3.36. The number of rotatable bonds is 12. The fourth-order valence-corrected chi connectivity index (χ4v) is 8.06. The van der Waals surface area contributed by atoms with E-state index in [0.29, 0.717) is 0 Å². The number of amides is 2. The quantitative estimate of drug-likeness (QED) is 0.157. The zero-order valence-electron chi connectivity index (χ0n) is 26.6. The number of carbonyl (C=O) groups is 2. The highest BCUT2D eigenvalue weighted by molar-refractivity contribution is 9.10. The van der Waals surface area contributed by atoms with E-state index in [4.69, 9.17) is 23.2 Å². The van der Waals surface area contributed by atoms with Crippen LogP contribution in [-0.2, 0) is 32.6 Å². The molecule has 0 unspecified atom stereocenters. The van der Waals surface area contributed by atoms with Crippen molar-refractivity contribution < 1.29 is 18.0 Å². The van der Waals surface area contributed by atoms with E-state index in [-0.39, 0.29) is 45.5 Å². The second-order valence-electron chi connectivity index (χ2n) is 12.1. The van der Waals surface area contributed by atoms with E-state index in [1.165, 1.54) is 23.1 Å². The lowest BCUT2D eigenvalue weighted by atomic mass is 9.94. The number of sulfonamides is 1. The van der Waals surface area contributed by atoms with E-state index in [2.05, 4.69) is 21.2 Å². The first kappa shape index (κ1) is 35.9. The van der Waals surface area contributed by atoms with Crippen molar-refractivity contribution in [1.29, 1.82) is 0 Å². The van der Waals surface area contributed by atoms with Crippen LogP contribution in [0.2, 0.25) is 10.0 Å². The third-order valence-corrected chi connectivity index (χ3v) is 11.7. The summed E-state index contributed by atoms with van der Waals surface area (Å²) in [5.74, 6) is -0.839. The topological polar surface area (TPSA) is 86.8 Å². The number of nitrogens with zero attached hydrogens (tertiary/aromatic N) is 2. The van der Waals surface area contributed by atoms with E-state index in [0.717, 1.165) is 57.6 Å². The van der Waals surface area contributed by atoms with Crippen LogP contribution in [0.1, 0.15) is 48.8 Å². The van der Waals surface area contributed by atoms with E-state index in [1.807, 2.05) is 61.5 Å². The Morgan fingerprint density at radius 3 is 2.19 bits per heavy atom. The predicted molar refractivity (Wildman–Crippen MR) is 196 cm³/mol. The summed E-state index contributed by atoms with van der Waals surface area (Å²) in [6.07, 6.45) is 5.18. The molecule has 0 heterocycles. The van der Waals surface area contributed by atoms with Gasteiger partial charge in [-0.2, -0.15) is 0 Å². The monoisotopic (exact) mass is 769 g/mol. The highest BCUT2D eigenvalue weighted by atomic mass is 79.9. The van der Waals surface area contributed by atoms with Gasteiger partial charge in [0.1, 0.15) is 12.6 Å². The smallest absolute Gasteiger partial charge is 0.264 e. The normalized spacial score (nSPS) is 14.2. The minimum absolute atomic E-state index is 0.00186. The zero-order valence-corrected chi connectivity index (χ0v) is 30.5. The van der Waals surface area contributed by atoms with Gasteiger partial charge in [-0.15, -0.1) is 0 Å². The summed E-state index contributed by atoms with van der Waals surface area (Å²) >= 11 is 16.4. The van der Waals surface area contributed by atoms with E-state index in [1.54, 1.807) is 24.3 Å². The molecule has 1 N–H and O–H groups in total. The molecule has 2 amide bonds. The summed E-state index contributed by atoms with van der Waals surface area (Å²) in [4.78, 5) is 30.4. The molecule has 0 spiro atoms. The fourth-order valence-electron chi connectivity index (χ4n) is 5.92. The van der Waals surface area contributed by atoms with Crippen molar-refractivity contribution in [2.45, 2.75) is 69.0 Å². The van der Waals surface area contributed by atoms with Crippen LogP contribution in [0, 0.1) is 6.92 Å². The van der Waals surface area contributed by atoms with Crippen molar-refractivity contribution in [3.8, 4) is 0 Å². The molecule has 0 aliphatic heterocycles. The van der Waals surface area contributed by atoms with Crippen molar-refractivity contribution in [3.63, 3.8) is 0 Å². The zero-order chi connectivity index (χ0) is 34.3. The molecule has 7 nitrogen and oxygen atoms in total. The molecule has 1 aliphatic rings. The summed E-state index contributed by atoms with van der Waals surface area (Å²) < 4.78 is 30.4. The maximum absolute atomic E-state index is 14.7. The van der Waals surface area contributed by atoms with Gasteiger partial charge < -0.3 is 10.2 Å². The summed E-state index contributed by atoms with van der Waals surface area (Å²) in [6, 6.07) is 27.1. The van der Waals surface area contributed by atoms with Gasteiger partial charge in [0, 0.05) is 23.5 Å². The Morgan fingerprint density at radius 1 is 0.854 bits per heavy atom. The molecular formula is C37H38BrCl2N3O4S. The van der Waals surface area contributed by atoms with Crippen LogP contribution >= 0.6 is 39.1 Å². The van der Waals surface area contributed by atoms with Crippen molar-refractivity contribution in [2.75, 3.05) is 10.8 Å². The molecule has 5 rings (SSSR count). The van der Waals surface area contributed by atoms with Gasteiger partial charge in [0.2, 0.25) is 11.8 Å². The van der Waals surface area contributed by atoms with Gasteiger partial charge in [-0.05, 0) is 67.3 Å². The molecule has 11 heteroatoms. The molecule has 0 saturated heterocycles. The first-order valence-corrected chi connectivity index (χ1v) is 18.9. The second-order valence-corrected chi connectivity index (χ2v) is 15.7. The number of aryl methyl sites for hydroxylation is 1. The van der Waals surface area contributed by atoms with Crippen LogP contribution in [0.5, 0.6) is 0 Å². The predicted octanol–water partition coefficient (Wildman–Crippen LogP) is 8.35. The average molecular weight is 772 g/mol. The molecule has 48 heavy (non-hydrogen) atoms. The molecule has 0 aromatic heterocycles. The largest absolute Gasteiger partial charge is 0.352 e. The summed E-state index contributed by atoms with van der Waals surface area (Å²) in [6.45, 7) is 1.31. The molecule has 252 valence electrons. The minimum Gasteiger partial charge on any atom is -0.352 e. The Labute approximate surface area is 301 Å². The number of carbonyl (C=O) groups excluding carboxylic acids is 2. The lowest BCUT2D eigenvalue weighted by molar-refractivity contribution is -0.140. The molecule has 1 aliphatic carbocycles. The van der Waals surface area contributed by atoms with Crippen LogP contribution in [0.15, 0.2) is 106 Å². The second kappa shape index (κ2) is 16.4. The van der Waals surface area contributed by atoms with Gasteiger partial charge >= 0.3 is 0 Å². The molecule has 1 fully saturated rings. The maximum Gasteiger partial charge on any atom is 0.264 e. The Morgan fingerprint density at radius 2 is 1.52 bits per heavy atom. The first-order valence-electron chi connectivity index (χ1n) is 15.9. The number of hydrogen-bond donors (Lipinski definition) is 1. The molecule has 1 saturated carbocycles. The molecule has 1 atom stereocenters. The number of hydrogen-bond acceptors (Lipinski definition) is 4. The Hall–Kier alpha value is -3.37. The van der Waals surface area contributed by atoms with Crippen LogP contribution in [0.3, 0.4) is 0 Å². The van der Waals surface area contributed by atoms with Crippen LogP contribution in [-0.4, -0.2) is 43.8 Å². The van der Waals surface area contributed by atoms with Gasteiger partial charge in [0.15, 0.2) is 0 Å². The summed E-state index contributed by atoms with van der Waals surface area (Å²) in [7, 11) is -4.31. The van der Waals surface area contributed by atoms with Crippen molar-refractivity contribution in [1.82, 2.24) is 10.2 Å². The van der Waals surface area contributed by atoms with Gasteiger partial charge in [0.25, 0.3) is 10.0 Å². The summed E-state index contributed by atoms with van der Waals surface area (Å²) in [5.41, 5.74) is 2.60. The van der Waals surface area contributed by atoms with Crippen LogP contribution < -0.4 is 9.62 Å². The Balaban J connectivity index is 1.58. The lowest BCUT2D eigenvalue weighted by Gasteiger charge is -2.35. The number of nitrogens with one attached hydrogen (secondary N) is 1. The maximum atomic E-state index is 14.7. The van der Waals surface area contributed by atoms with E-state index < -0.39 is 28.5 Å². The fraction of sp³-hybridized carbons (Fsp3) is 0.297. The Kier molecular flexibility index (Phi) is 12.2. The number of halogens is 3. The van der Waals surface area contributed by atoms with Crippen molar-refractivity contribution >= 4 is 66.7 Å². The molecule has 0 bridgehead atoms. The Bertz CT molecular complexity index is 1820. The van der Waals surface area contributed by atoms with Gasteiger partial charge in [-0.25, -0.2) is 8.42 Å². The highest BCUT2D eigenvalue weighted by Crippen LogP contribution is 2.36. The lowest BCUT2D eigenvalue weighted by Crippen LogP contribution is -2.55. The van der Waals surface area contributed by atoms with Gasteiger partial charge in [-0.1, -0.05) is 125 Å². The first-order chi connectivity index (χ1) is 23.0. The average Bonchev–Trinajstić information content (AvgIpc) is 3.08. The minimum atomic E-state index is -4.31. The standard InChI is InChI=1S/C37H38BrCl2N3O4S/c1-26-15-21-31(22-16-26)48(46,47)43(33-14-8-13-32(39)36(33)40)25-35(44)42(24-28-17-19-29(38)20-18-28)34(23-27-9-4-2-5-10-27)37(45)41-30-11-6-3-7-12-30/h2,4-5,8-10,13-22,30,34H,3,6-7,11-12,23-25H2,1H3,(H,41,45)/t34-/m1/s1. The molecule has 4 aromatic carbocycles. The SMILES string of the molecule is Cc1ccc(S(=O)(=O)N(CC(=O)N(Cc2ccc(Br)cc2)[C@H](Cc2ccccc2)C(=O)NC2CCCCC2)c2cccc(Cl)c2Cl)cc1. The van der Waals surface area contributed by atoms with Gasteiger partial charge in [-0.3, -0.25) is 13.9 Å². The van der Waals surface area contributed by atoms with E-state index in [9.17, 15) is 18.0 Å². The van der Waals surface area contributed by atoms with Crippen LogP contribution in [0.4, 0.5) is 5.69 Å². The number of benzene rings is 4. The van der Waals surface area contributed by atoms with Gasteiger partial charge in [0.05, 0.1) is 20.6 Å². The van der Waals surface area contributed by atoms with Crippen molar-refractivity contribution in [3.05, 3.63) is 128 Å². The molecule has 0 radical (unpaired) electrons. The van der Waals surface area contributed by atoms with E-state index >= 15 is 0 Å². The molecular weight excluding hydrogens is 733 g/mol. The van der Waals surface area contributed by atoms with Crippen molar-refractivity contribution in [2.24, 2.45) is 0 Å². The third kappa shape index (κ3) is 8.99.